The lowest BCUT2D eigenvalue weighted by Gasteiger charge is -2.34. The summed E-state index contributed by atoms with van der Waals surface area (Å²) >= 11 is 0. The highest BCUT2D eigenvalue weighted by Crippen LogP contribution is 2.36. The summed E-state index contributed by atoms with van der Waals surface area (Å²) in [6.07, 6.45) is 2.03. The van der Waals surface area contributed by atoms with Crippen LogP contribution in [0.5, 0.6) is 11.6 Å². The largest absolute Gasteiger partial charge is 0.494 e. The number of hydrogen-bond acceptors (Lipinski definition) is 9. The third kappa shape index (κ3) is 8.01. The highest BCUT2D eigenvalue weighted by Gasteiger charge is 2.33. The van der Waals surface area contributed by atoms with Crippen LogP contribution < -0.4 is 14.4 Å². The Morgan fingerprint density at radius 3 is 2.51 bits per heavy atom. The van der Waals surface area contributed by atoms with Gasteiger partial charge in [0.15, 0.2) is 11.5 Å². The molecule has 2 aromatic heterocycles. The van der Waals surface area contributed by atoms with Crippen LogP contribution in [0.2, 0.25) is 0 Å². The number of benzene rings is 2. The van der Waals surface area contributed by atoms with Crippen molar-refractivity contribution >= 4 is 29.3 Å². The molecule has 0 saturated carbocycles. The van der Waals surface area contributed by atoms with Crippen molar-refractivity contribution in [3.63, 3.8) is 0 Å². The molecule has 1 saturated heterocycles. The van der Waals surface area contributed by atoms with Crippen LogP contribution in [0, 0.1) is 6.92 Å². The summed E-state index contributed by atoms with van der Waals surface area (Å²) in [4.78, 5) is 34.7. The van der Waals surface area contributed by atoms with Crippen molar-refractivity contribution in [1.82, 2.24) is 19.5 Å². The van der Waals surface area contributed by atoms with E-state index in [4.69, 9.17) is 23.9 Å². The number of aromatic nitrogens is 3. The van der Waals surface area contributed by atoms with Crippen molar-refractivity contribution in [2.75, 3.05) is 31.2 Å². The number of nitrogens with zero attached hydrogens (tertiary/aromatic N) is 5. The normalized spacial score (nSPS) is 15.8. The predicted molar refractivity (Wildman–Crippen MR) is 176 cm³/mol. The van der Waals surface area contributed by atoms with Crippen LogP contribution in [0.25, 0.3) is 5.65 Å². The number of rotatable bonds is 9. The van der Waals surface area contributed by atoms with Crippen molar-refractivity contribution in [1.29, 1.82) is 0 Å². The van der Waals surface area contributed by atoms with Crippen LogP contribution in [-0.2, 0) is 16.1 Å². The van der Waals surface area contributed by atoms with Crippen LogP contribution in [0.1, 0.15) is 45.2 Å². The van der Waals surface area contributed by atoms with Crippen LogP contribution in [0.15, 0.2) is 78.5 Å². The van der Waals surface area contributed by atoms with E-state index in [0.717, 1.165) is 11.1 Å². The second kappa shape index (κ2) is 14.5. The maximum absolute atomic E-state index is 13.9. The molecule has 1 aliphatic rings. The summed E-state index contributed by atoms with van der Waals surface area (Å²) in [5.41, 5.74) is 2.39. The van der Waals surface area contributed by atoms with E-state index in [2.05, 4.69) is 5.10 Å². The van der Waals surface area contributed by atoms with Crippen LogP contribution >= 0.6 is 0 Å². The first-order valence-electron chi connectivity index (χ1n) is 15.6. The Kier molecular flexibility index (Phi) is 10.3. The third-order valence-electron chi connectivity index (χ3n) is 7.43. The van der Waals surface area contributed by atoms with Gasteiger partial charge in [-0.15, -0.1) is 0 Å². The van der Waals surface area contributed by atoms with E-state index in [-0.39, 0.29) is 25.6 Å². The Morgan fingerprint density at radius 2 is 1.83 bits per heavy atom. The summed E-state index contributed by atoms with van der Waals surface area (Å²) in [5, 5.41) is 14.2. The highest BCUT2D eigenvalue weighted by molar-refractivity contribution is 5.96. The number of piperidine rings is 1. The van der Waals surface area contributed by atoms with Gasteiger partial charge in [0.05, 0.1) is 37.2 Å². The number of anilines is 2. The number of ether oxygens (including phenoxy) is 4. The van der Waals surface area contributed by atoms with Crippen LogP contribution in [0.4, 0.5) is 21.1 Å². The molecule has 2 amide bonds. The number of aliphatic hydroxyl groups excluding tert-OH is 1. The average Bonchev–Trinajstić information content (AvgIpc) is 3.51. The first-order chi connectivity index (χ1) is 22.6. The lowest BCUT2D eigenvalue weighted by atomic mass is 10.0. The molecular weight excluding hydrogens is 602 g/mol. The van der Waals surface area contributed by atoms with E-state index in [1.165, 1.54) is 4.90 Å². The molecule has 0 aliphatic carbocycles. The Bertz CT molecular complexity index is 1710. The van der Waals surface area contributed by atoms with Gasteiger partial charge in [-0.2, -0.15) is 14.6 Å². The zero-order valence-electron chi connectivity index (χ0n) is 27.4. The minimum Gasteiger partial charge on any atom is -0.494 e. The van der Waals surface area contributed by atoms with Crippen LogP contribution in [-0.4, -0.2) is 74.8 Å². The van der Waals surface area contributed by atoms with Crippen molar-refractivity contribution in [2.45, 2.75) is 59.4 Å². The Labute approximate surface area is 274 Å². The van der Waals surface area contributed by atoms with Gasteiger partial charge < -0.3 is 29.0 Å². The van der Waals surface area contributed by atoms with E-state index in [1.54, 1.807) is 79.7 Å². The Hall–Kier alpha value is -5.10. The molecule has 0 bridgehead atoms. The molecule has 1 unspecified atom stereocenters. The lowest BCUT2D eigenvalue weighted by molar-refractivity contribution is 0.0595. The zero-order chi connectivity index (χ0) is 33.6. The molecule has 12 nitrogen and oxygen atoms in total. The topological polar surface area (TPSA) is 128 Å². The van der Waals surface area contributed by atoms with E-state index in [9.17, 15) is 14.7 Å². The fraction of sp³-hybridized carbons (Fsp3) is 0.371. The SMILES string of the molecule is CCOc1ccc(N(C(=O)OC(C)(C)C)c2c(C)c(OC3CN(C(=O)OCc4ccccc4)CCC3=CCO)nc3ccnn23)cc1. The van der Waals surface area contributed by atoms with Crippen molar-refractivity contribution in [3.8, 4) is 11.6 Å². The first kappa shape index (κ1) is 33.3. The molecule has 5 rings (SSSR count). The minimum absolute atomic E-state index is 0.148. The number of carbonyl (C=O) groups is 2. The van der Waals surface area contributed by atoms with Gasteiger partial charge in [-0.25, -0.2) is 14.5 Å². The Morgan fingerprint density at radius 1 is 1.09 bits per heavy atom. The van der Waals surface area contributed by atoms with Crippen molar-refractivity contribution in [3.05, 3.63) is 89.6 Å². The lowest BCUT2D eigenvalue weighted by Crippen LogP contribution is -2.46. The van der Waals surface area contributed by atoms with Gasteiger partial charge in [0.25, 0.3) is 0 Å². The van der Waals surface area contributed by atoms with Gasteiger partial charge in [0.1, 0.15) is 24.1 Å². The molecule has 2 aromatic carbocycles. The number of fused-ring (bicyclic) bond motifs is 1. The second-order valence-corrected chi connectivity index (χ2v) is 12.0. The van der Waals surface area contributed by atoms with Gasteiger partial charge in [-0.3, -0.25) is 0 Å². The first-order valence-corrected chi connectivity index (χ1v) is 15.6. The molecule has 1 aliphatic heterocycles. The van der Waals surface area contributed by atoms with Gasteiger partial charge in [-0.05, 0) is 76.4 Å². The highest BCUT2D eigenvalue weighted by atomic mass is 16.6. The molecule has 1 N–H and O–H groups in total. The zero-order valence-corrected chi connectivity index (χ0v) is 27.4. The molecule has 3 heterocycles. The number of aliphatic hydroxyl groups is 1. The van der Waals surface area contributed by atoms with Gasteiger partial charge in [-0.1, -0.05) is 36.4 Å². The van der Waals surface area contributed by atoms with Crippen molar-refractivity contribution < 1.29 is 33.6 Å². The van der Waals surface area contributed by atoms with Gasteiger partial charge in [0.2, 0.25) is 5.88 Å². The number of amides is 2. The third-order valence-corrected chi connectivity index (χ3v) is 7.43. The van der Waals surface area contributed by atoms with Gasteiger partial charge >= 0.3 is 12.2 Å². The standard InChI is InChI=1S/C35H41N5O7/c1-6-44-28-14-12-27(13-15-28)39(34(43)47-35(3,4)5)32-24(2)31(37-30-16-19-36-40(30)32)46-29-22-38(20-17-26(29)18-21-41)33(42)45-23-25-10-8-7-9-11-25/h7-16,18-19,29,41H,6,17,20-23H2,1-5H3. The van der Waals surface area contributed by atoms with E-state index in [1.807, 2.05) is 37.3 Å². The smallest absolute Gasteiger partial charge is 0.420 e. The monoisotopic (exact) mass is 643 g/mol. The molecule has 12 heteroatoms. The van der Waals surface area contributed by atoms with Gasteiger partial charge in [0, 0.05) is 12.6 Å². The summed E-state index contributed by atoms with van der Waals surface area (Å²) < 4.78 is 25.2. The van der Waals surface area contributed by atoms with Crippen molar-refractivity contribution in [2.24, 2.45) is 0 Å². The molecule has 248 valence electrons. The Balaban J connectivity index is 1.50. The summed E-state index contributed by atoms with van der Waals surface area (Å²) in [5.74, 6) is 1.27. The summed E-state index contributed by atoms with van der Waals surface area (Å²) in [7, 11) is 0. The van der Waals surface area contributed by atoms with Crippen LogP contribution in [0.3, 0.4) is 0 Å². The predicted octanol–water partition coefficient (Wildman–Crippen LogP) is 6.22. The number of carbonyl (C=O) groups excluding carboxylic acids is 2. The van der Waals surface area contributed by atoms with E-state index >= 15 is 0 Å². The fourth-order valence-corrected chi connectivity index (χ4v) is 5.25. The second-order valence-electron chi connectivity index (χ2n) is 12.0. The quantitative estimate of drug-likeness (QED) is 0.212. The maximum atomic E-state index is 13.9. The molecule has 4 aromatic rings. The van der Waals surface area contributed by atoms with E-state index < -0.39 is 23.9 Å². The average molecular weight is 644 g/mol. The molecule has 47 heavy (non-hydrogen) atoms. The molecule has 0 radical (unpaired) electrons. The molecule has 1 fully saturated rings. The summed E-state index contributed by atoms with van der Waals surface area (Å²) in [6.45, 7) is 10.1. The molecule has 0 spiro atoms. The summed E-state index contributed by atoms with van der Waals surface area (Å²) in [6, 6.07) is 18.3. The number of likely N-dealkylation sites (tertiary alicyclic amines) is 1. The number of hydrogen-bond donors (Lipinski definition) is 1. The minimum atomic E-state index is -0.783. The maximum Gasteiger partial charge on any atom is 0.420 e. The van der Waals surface area contributed by atoms with E-state index in [0.29, 0.717) is 48.0 Å². The molecule has 1 atom stereocenters. The molecular formula is C35H41N5O7. The fourth-order valence-electron chi connectivity index (χ4n) is 5.25.